The van der Waals surface area contributed by atoms with E-state index in [9.17, 15) is 0 Å². The van der Waals surface area contributed by atoms with Gasteiger partial charge in [-0.15, -0.1) is 0 Å². The van der Waals surface area contributed by atoms with E-state index < -0.39 is 0 Å². The molecule has 0 unspecified atom stereocenters. The molecule has 1 nitrogen and oxygen atoms in total. The maximum atomic E-state index is 2.48. The molecule has 0 saturated carbocycles. The first-order valence-electron chi connectivity index (χ1n) is 12.5. The maximum Gasteiger partial charge on any atom is 0.0619 e. The van der Waals surface area contributed by atoms with Crippen molar-refractivity contribution in [3.63, 3.8) is 0 Å². The fraction of sp³-hybridized carbons (Fsp3) is 0.0588. The minimum atomic E-state index is 1.01. The zero-order valence-corrected chi connectivity index (χ0v) is 19.2. The SMILES string of the molecule is c1ccc2c(c1)Cc1ccc3c(c1-2)c1ccc2c(c1c1c4ccccc4cn31)-c1ccccc1C2. The molecule has 1 heteroatoms. The second kappa shape index (κ2) is 6.20. The Hall–Kier alpha value is -4.36. The van der Waals surface area contributed by atoms with E-state index >= 15 is 0 Å². The molecule has 0 N–H and O–H groups in total. The van der Waals surface area contributed by atoms with Crippen LogP contribution in [0.1, 0.15) is 22.3 Å². The Labute approximate surface area is 202 Å². The number of hydrogen-bond donors (Lipinski definition) is 0. The van der Waals surface area contributed by atoms with Gasteiger partial charge in [-0.2, -0.15) is 0 Å². The number of fused-ring (bicyclic) bond motifs is 16. The summed E-state index contributed by atoms with van der Waals surface area (Å²) < 4.78 is 2.48. The molecular weight excluding hydrogens is 422 g/mol. The van der Waals surface area contributed by atoms with Crippen LogP contribution >= 0.6 is 0 Å². The predicted octanol–water partition coefficient (Wildman–Crippen LogP) is 8.54. The summed E-state index contributed by atoms with van der Waals surface area (Å²) in [4.78, 5) is 0. The molecule has 35 heavy (non-hydrogen) atoms. The van der Waals surface area contributed by atoms with Gasteiger partial charge >= 0.3 is 0 Å². The van der Waals surface area contributed by atoms with E-state index in [2.05, 4.69) is 108 Å². The van der Waals surface area contributed by atoms with Crippen molar-refractivity contribution < 1.29 is 0 Å². The van der Waals surface area contributed by atoms with Crippen molar-refractivity contribution in [3.8, 4) is 22.3 Å². The third-order valence-electron chi connectivity index (χ3n) is 8.39. The van der Waals surface area contributed by atoms with Crippen molar-refractivity contribution in [2.75, 3.05) is 0 Å². The highest BCUT2D eigenvalue weighted by molar-refractivity contribution is 6.27. The highest BCUT2D eigenvalue weighted by atomic mass is 14.9. The van der Waals surface area contributed by atoms with Gasteiger partial charge in [0.25, 0.3) is 0 Å². The summed E-state index contributed by atoms with van der Waals surface area (Å²) in [6.45, 7) is 0. The van der Waals surface area contributed by atoms with Crippen molar-refractivity contribution in [2.24, 2.45) is 0 Å². The Kier molecular flexibility index (Phi) is 3.19. The zero-order valence-electron chi connectivity index (χ0n) is 19.2. The lowest BCUT2D eigenvalue weighted by Crippen LogP contribution is -1.95. The van der Waals surface area contributed by atoms with Gasteiger partial charge < -0.3 is 4.40 Å². The molecule has 9 rings (SSSR count). The Morgan fingerprint density at radius 2 is 1.11 bits per heavy atom. The van der Waals surface area contributed by atoms with Gasteiger partial charge in [-0.1, -0.05) is 91.0 Å². The van der Waals surface area contributed by atoms with Crippen LogP contribution in [0.5, 0.6) is 0 Å². The van der Waals surface area contributed by atoms with Crippen LogP contribution in [0.15, 0.2) is 103 Å². The molecule has 2 aromatic heterocycles. The molecule has 2 aliphatic rings. The number of pyridine rings is 1. The highest BCUT2D eigenvalue weighted by Gasteiger charge is 2.27. The number of nitrogens with zero attached hydrogens (tertiary/aromatic N) is 1. The van der Waals surface area contributed by atoms with Crippen LogP contribution in [0.3, 0.4) is 0 Å². The van der Waals surface area contributed by atoms with Crippen molar-refractivity contribution in [2.45, 2.75) is 12.8 Å². The Balaban J connectivity index is 1.61. The molecular formula is C34H21N. The number of rotatable bonds is 0. The minimum Gasteiger partial charge on any atom is -0.315 e. The topological polar surface area (TPSA) is 4.41 Å². The number of hydrogen-bond acceptors (Lipinski definition) is 0. The average Bonchev–Trinajstić information content (AvgIpc) is 3.59. The van der Waals surface area contributed by atoms with Crippen LogP contribution < -0.4 is 0 Å². The van der Waals surface area contributed by atoms with Gasteiger partial charge in [0.2, 0.25) is 0 Å². The van der Waals surface area contributed by atoms with Gasteiger partial charge in [0.15, 0.2) is 0 Å². The zero-order chi connectivity index (χ0) is 22.7. The van der Waals surface area contributed by atoms with E-state index in [0.29, 0.717) is 0 Å². The van der Waals surface area contributed by atoms with Crippen LogP contribution in [0, 0.1) is 0 Å². The third kappa shape index (κ3) is 2.15. The molecule has 5 aromatic carbocycles. The van der Waals surface area contributed by atoms with Crippen LogP contribution in [0.2, 0.25) is 0 Å². The maximum absolute atomic E-state index is 2.48. The smallest absolute Gasteiger partial charge is 0.0619 e. The van der Waals surface area contributed by atoms with Gasteiger partial charge in [-0.05, 0) is 68.8 Å². The predicted molar refractivity (Wildman–Crippen MR) is 146 cm³/mol. The molecule has 2 aliphatic carbocycles. The summed E-state index contributed by atoms with van der Waals surface area (Å²) in [5.41, 5.74) is 14.0. The second-order valence-electron chi connectivity index (χ2n) is 10.1. The van der Waals surface area contributed by atoms with Crippen LogP contribution in [-0.2, 0) is 12.8 Å². The van der Waals surface area contributed by atoms with E-state index in [1.807, 2.05) is 0 Å². The Bertz CT molecular complexity index is 2050. The van der Waals surface area contributed by atoms with Crippen LogP contribution in [-0.4, -0.2) is 4.40 Å². The average molecular weight is 444 g/mol. The largest absolute Gasteiger partial charge is 0.315 e. The lowest BCUT2D eigenvalue weighted by Gasteiger charge is -2.17. The molecule has 162 valence electrons. The van der Waals surface area contributed by atoms with Crippen molar-refractivity contribution in [1.82, 2.24) is 4.40 Å². The molecule has 7 aromatic rings. The molecule has 0 fully saturated rings. The molecule has 0 spiro atoms. The summed E-state index contributed by atoms with van der Waals surface area (Å²) >= 11 is 0. The van der Waals surface area contributed by atoms with Gasteiger partial charge in [0.1, 0.15) is 0 Å². The number of aromatic nitrogens is 1. The van der Waals surface area contributed by atoms with E-state index in [-0.39, 0.29) is 0 Å². The first-order chi connectivity index (χ1) is 17.4. The normalized spacial score (nSPS) is 13.5. The van der Waals surface area contributed by atoms with Crippen molar-refractivity contribution in [3.05, 3.63) is 126 Å². The fourth-order valence-corrected chi connectivity index (χ4v) is 6.97. The number of benzene rings is 5. The molecule has 0 radical (unpaired) electrons. The van der Waals surface area contributed by atoms with E-state index in [1.165, 1.54) is 82.5 Å². The first-order valence-corrected chi connectivity index (χ1v) is 12.5. The van der Waals surface area contributed by atoms with Gasteiger partial charge in [0, 0.05) is 27.7 Å². The molecule has 2 heterocycles. The molecule has 0 saturated heterocycles. The lowest BCUT2D eigenvalue weighted by atomic mass is 9.91. The molecule has 0 atom stereocenters. The monoisotopic (exact) mass is 443 g/mol. The summed E-state index contributed by atoms with van der Waals surface area (Å²) in [5.74, 6) is 0. The van der Waals surface area contributed by atoms with E-state index in [4.69, 9.17) is 0 Å². The third-order valence-corrected chi connectivity index (χ3v) is 8.39. The van der Waals surface area contributed by atoms with Gasteiger partial charge in [0.05, 0.1) is 11.0 Å². The molecule has 0 amide bonds. The van der Waals surface area contributed by atoms with Crippen LogP contribution in [0.25, 0.3) is 60.2 Å². The van der Waals surface area contributed by atoms with Gasteiger partial charge in [-0.25, -0.2) is 0 Å². The lowest BCUT2D eigenvalue weighted by molar-refractivity contribution is 1.25. The molecule has 0 bridgehead atoms. The Morgan fingerprint density at radius 1 is 0.486 bits per heavy atom. The second-order valence-corrected chi connectivity index (χ2v) is 10.1. The van der Waals surface area contributed by atoms with Crippen molar-refractivity contribution in [1.29, 1.82) is 0 Å². The highest BCUT2D eigenvalue weighted by Crippen LogP contribution is 2.50. The summed E-state index contributed by atoms with van der Waals surface area (Å²) in [7, 11) is 0. The fourth-order valence-electron chi connectivity index (χ4n) is 6.97. The minimum absolute atomic E-state index is 1.01. The summed E-state index contributed by atoms with van der Waals surface area (Å²) in [6, 6.07) is 36.3. The summed E-state index contributed by atoms with van der Waals surface area (Å²) in [5, 5.41) is 6.80. The van der Waals surface area contributed by atoms with E-state index in [1.54, 1.807) is 0 Å². The van der Waals surface area contributed by atoms with Gasteiger partial charge in [-0.3, -0.25) is 0 Å². The van der Waals surface area contributed by atoms with Crippen LogP contribution in [0.4, 0.5) is 0 Å². The quantitative estimate of drug-likeness (QED) is 0.207. The van der Waals surface area contributed by atoms with Crippen molar-refractivity contribution >= 4 is 38.0 Å². The first kappa shape index (κ1) is 18.0. The molecule has 0 aliphatic heterocycles. The Morgan fingerprint density at radius 3 is 1.89 bits per heavy atom. The van der Waals surface area contributed by atoms with E-state index in [0.717, 1.165) is 12.8 Å². The summed E-state index contributed by atoms with van der Waals surface area (Å²) in [6.07, 6.45) is 4.38. The standard InChI is InChI=1S/C34H21N/c1-4-10-25-20(7-1)18-23-14-16-29-32(30(23)25)28-15-13-22-17-21-8-2-5-11-26(21)31(22)33(28)34-27-12-6-3-9-24(27)19-35(29)34/h1-16,19H,17-18H2.